The summed E-state index contributed by atoms with van der Waals surface area (Å²) >= 11 is 1.27. The molecule has 6 nitrogen and oxygen atoms in total. The number of hydrogen-bond acceptors (Lipinski definition) is 6. The van der Waals surface area contributed by atoms with E-state index in [-0.39, 0.29) is 18.6 Å². The summed E-state index contributed by atoms with van der Waals surface area (Å²) in [6.45, 7) is 2.79. The number of rotatable bonds is 6. The molecule has 1 aromatic rings. The molecule has 0 unspecified atom stereocenters. The van der Waals surface area contributed by atoms with E-state index >= 15 is 0 Å². The van der Waals surface area contributed by atoms with Gasteiger partial charge in [0, 0.05) is 24.5 Å². The van der Waals surface area contributed by atoms with Gasteiger partial charge in [0.05, 0.1) is 6.61 Å². The van der Waals surface area contributed by atoms with Crippen molar-refractivity contribution < 1.29 is 9.90 Å². The lowest BCUT2D eigenvalue weighted by Gasteiger charge is -2.34. The number of anilines is 1. The summed E-state index contributed by atoms with van der Waals surface area (Å²) in [5.74, 6) is -0.171. The Morgan fingerprint density at radius 1 is 1.60 bits per heavy atom. The molecule has 1 fully saturated rings. The molecule has 2 rings (SSSR count). The van der Waals surface area contributed by atoms with E-state index in [2.05, 4.69) is 15.2 Å². The van der Waals surface area contributed by atoms with Crippen LogP contribution in [-0.4, -0.2) is 53.2 Å². The second kappa shape index (κ2) is 7.56. The number of thiazole rings is 1. The van der Waals surface area contributed by atoms with Crippen LogP contribution in [-0.2, 0) is 0 Å². The van der Waals surface area contributed by atoms with Crippen molar-refractivity contribution in [3.05, 3.63) is 11.1 Å². The highest BCUT2D eigenvalue weighted by atomic mass is 32.1. The fourth-order valence-electron chi connectivity index (χ4n) is 2.53. The zero-order valence-corrected chi connectivity index (χ0v) is 12.4. The number of nitrogen functional groups attached to an aromatic ring is 1. The van der Waals surface area contributed by atoms with Crippen molar-refractivity contribution in [2.45, 2.75) is 31.7 Å². The maximum atomic E-state index is 11.8. The minimum absolute atomic E-state index is 0.171. The molecule has 0 saturated carbocycles. The number of nitrogens with zero attached hydrogens (tertiary/aromatic N) is 2. The van der Waals surface area contributed by atoms with Crippen molar-refractivity contribution in [2.75, 3.05) is 32.0 Å². The first-order chi connectivity index (χ1) is 9.70. The number of amides is 1. The van der Waals surface area contributed by atoms with Gasteiger partial charge in [0.25, 0.3) is 5.91 Å². The van der Waals surface area contributed by atoms with Gasteiger partial charge in [0.2, 0.25) is 0 Å². The zero-order chi connectivity index (χ0) is 14.4. The van der Waals surface area contributed by atoms with Crippen LogP contribution in [0.15, 0.2) is 5.38 Å². The summed E-state index contributed by atoms with van der Waals surface area (Å²) in [6, 6.07) is 0.290. The van der Waals surface area contributed by atoms with E-state index in [9.17, 15) is 9.90 Å². The third kappa shape index (κ3) is 4.16. The first kappa shape index (κ1) is 15.2. The van der Waals surface area contributed by atoms with Gasteiger partial charge in [-0.2, -0.15) is 0 Å². The number of carbonyl (C=O) groups is 1. The van der Waals surface area contributed by atoms with E-state index in [0.717, 1.165) is 25.9 Å². The highest BCUT2D eigenvalue weighted by Gasteiger charge is 2.20. The number of aliphatic hydroxyl groups excluding tert-OH is 1. The Morgan fingerprint density at radius 2 is 2.45 bits per heavy atom. The van der Waals surface area contributed by atoms with Crippen LogP contribution in [0.3, 0.4) is 0 Å². The molecule has 0 bridgehead atoms. The highest BCUT2D eigenvalue weighted by Crippen LogP contribution is 2.16. The lowest BCUT2D eigenvalue weighted by molar-refractivity contribution is 0.0867. The van der Waals surface area contributed by atoms with Crippen molar-refractivity contribution in [3.8, 4) is 0 Å². The second-order valence-corrected chi connectivity index (χ2v) is 5.94. The van der Waals surface area contributed by atoms with Crippen LogP contribution in [0, 0.1) is 0 Å². The van der Waals surface area contributed by atoms with Crippen molar-refractivity contribution in [3.63, 3.8) is 0 Å². The normalized spacial score (nSPS) is 19.9. The van der Waals surface area contributed by atoms with Gasteiger partial charge in [-0.3, -0.25) is 9.69 Å². The smallest absolute Gasteiger partial charge is 0.270 e. The third-order valence-electron chi connectivity index (χ3n) is 3.62. The van der Waals surface area contributed by atoms with Crippen LogP contribution in [0.5, 0.6) is 0 Å². The monoisotopic (exact) mass is 298 g/mol. The van der Waals surface area contributed by atoms with E-state index in [1.807, 2.05) is 0 Å². The van der Waals surface area contributed by atoms with Crippen molar-refractivity contribution in [1.29, 1.82) is 0 Å². The largest absolute Gasteiger partial charge is 0.395 e. The average Bonchev–Trinajstić information content (AvgIpc) is 2.90. The van der Waals surface area contributed by atoms with Crippen LogP contribution in [0.1, 0.15) is 36.2 Å². The maximum absolute atomic E-state index is 11.8. The van der Waals surface area contributed by atoms with Gasteiger partial charge < -0.3 is 16.2 Å². The molecular formula is C13H22N4O2S. The van der Waals surface area contributed by atoms with Crippen molar-refractivity contribution in [2.24, 2.45) is 0 Å². The van der Waals surface area contributed by atoms with E-state index in [1.54, 1.807) is 5.38 Å². The fraction of sp³-hybridized carbons (Fsp3) is 0.692. The third-order valence-corrected chi connectivity index (χ3v) is 4.30. The molecule has 1 aromatic heterocycles. The number of aromatic nitrogens is 1. The van der Waals surface area contributed by atoms with Gasteiger partial charge in [-0.25, -0.2) is 4.98 Å². The molecule has 112 valence electrons. The SMILES string of the molecule is Nc1nc(C(=O)NCCCN2CCCC[C@H]2CO)cs1. The van der Waals surface area contributed by atoms with Crippen molar-refractivity contribution >= 4 is 22.4 Å². The minimum Gasteiger partial charge on any atom is -0.395 e. The number of hydrogen-bond donors (Lipinski definition) is 3. The van der Waals surface area contributed by atoms with Gasteiger partial charge >= 0.3 is 0 Å². The van der Waals surface area contributed by atoms with Gasteiger partial charge in [-0.05, 0) is 25.8 Å². The van der Waals surface area contributed by atoms with Gasteiger partial charge in [-0.1, -0.05) is 6.42 Å². The number of carbonyl (C=O) groups excluding carboxylic acids is 1. The number of likely N-dealkylation sites (tertiary alicyclic amines) is 1. The lowest BCUT2D eigenvalue weighted by atomic mass is 10.0. The molecule has 0 aliphatic carbocycles. The summed E-state index contributed by atoms with van der Waals surface area (Å²) in [7, 11) is 0. The predicted octanol–water partition coefficient (Wildman–Crippen LogP) is 0.692. The number of aliphatic hydroxyl groups is 1. The summed E-state index contributed by atoms with van der Waals surface area (Å²) in [4.78, 5) is 18.0. The predicted molar refractivity (Wildman–Crippen MR) is 79.8 cm³/mol. The number of nitrogens with one attached hydrogen (secondary N) is 1. The molecule has 0 spiro atoms. The molecule has 1 atom stereocenters. The second-order valence-electron chi connectivity index (χ2n) is 5.05. The number of piperidine rings is 1. The summed E-state index contributed by atoms with van der Waals surface area (Å²) in [6.07, 6.45) is 4.34. The average molecular weight is 298 g/mol. The first-order valence-corrected chi connectivity index (χ1v) is 7.93. The number of nitrogens with two attached hydrogens (primary N) is 1. The summed E-state index contributed by atoms with van der Waals surface area (Å²) in [5, 5.41) is 14.2. The summed E-state index contributed by atoms with van der Waals surface area (Å²) in [5.41, 5.74) is 5.88. The van der Waals surface area contributed by atoms with Gasteiger partial charge in [0.1, 0.15) is 5.69 Å². The fourth-order valence-corrected chi connectivity index (χ4v) is 3.07. The molecule has 1 amide bonds. The Kier molecular flexibility index (Phi) is 5.75. The van der Waals surface area contributed by atoms with Crippen LogP contribution in [0.2, 0.25) is 0 Å². The van der Waals surface area contributed by atoms with E-state index < -0.39 is 0 Å². The Hall–Kier alpha value is -1.18. The Balaban J connectivity index is 1.67. The summed E-state index contributed by atoms with van der Waals surface area (Å²) < 4.78 is 0. The molecule has 0 radical (unpaired) electrons. The molecule has 2 heterocycles. The zero-order valence-electron chi connectivity index (χ0n) is 11.5. The minimum atomic E-state index is -0.171. The molecule has 0 aromatic carbocycles. The van der Waals surface area contributed by atoms with E-state index in [1.165, 1.54) is 24.2 Å². The first-order valence-electron chi connectivity index (χ1n) is 7.05. The Labute approximate surface area is 123 Å². The van der Waals surface area contributed by atoms with Gasteiger partial charge in [0.15, 0.2) is 5.13 Å². The maximum Gasteiger partial charge on any atom is 0.270 e. The molecule has 1 aliphatic heterocycles. The van der Waals surface area contributed by atoms with Crippen LogP contribution in [0.25, 0.3) is 0 Å². The Bertz CT molecular complexity index is 438. The molecule has 20 heavy (non-hydrogen) atoms. The lowest BCUT2D eigenvalue weighted by Crippen LogP contribution is -2.43. The van der Waals surface area contributed by atoms with Crippen LogP contribution < -0.4 is 11.1 Å². The highest BCUT2D eigenvalue weighted by molar-refractivity contribution is 7.13. The molecule has 1 aliphatic rings. The molecule has 1 saturated heterocycles. The van der Waals surface area contributed by atoms with Crippen molar-refractivity contribution in [1.82, 2.24) is 15.2 Å². The van der Waals surface area contributed by atoms with Crippen LogP contribution >= 0.6 is 11.3 Å². The quantitative estimate of drug-likeness (QED) is 0.672. The molecular weight excluding hydrogens is 276 g/mol. The Morgan fingerprint density at radius 3 is 3.15 bits per heavy atom. The topological polar surface area (TPSA) is 91.5 Å². The standard InChI is InChI=1S/C13H22N4O2S/c14-13-16-11(9-20-13)12(19)15-5-3-7-17-6-2-1-4-10(17)8-18/h9-10,18H,1-8H2,(H2,14,16)(H,15,19)/t10-/m0/s1. The van der Waals surface area contributed by atoms with E-state index in [4.69, 9.17) is 5.73 Å². The van der Waals surface area contributed by atoms with Gasteiger partial charge in [-0.15, -0.1) is 11.3 Å². The molecule has 4 N–H and O–H groups in total. The molecule has 7 heteroatoms. The van der Waals surface area contributed by atoms with Crippen LogP contribution in [0.4, 0.5) is 5.13 Å². The van der Waals surface area contributed by atoms with E-state index in [0.29, 0.717) is 17.4 Å².